The summed E-state index contributed by atoms with van der Waals surface area (Å²) in [7, 11) is 0. The number of carbonyl (C=O) groups is 1. The summed E-state index contributed by atoms with van der Waals surface area (Å²) in [5.41, 5.74) is 0.317. The summed E-state index contributed by atoms with van der Waals surface area (Å²) in [5.74, 6) is -0.493. The highest BCUT2D eigenvalue weighted by Crippen LogP contribution is 2.24. The standard InChI is InChI=1S/C12H14N4O2S/c1-6(2)10-13-5-8(9(16-10)11(17)18)15-12-14-4-7(3)19-12/h4-6H,1-3H3,(H,14,15)(H,17,18). The molecule has 2 rings (SSSR count). The highest BCUT2D eigenvalue weighted by molar-refractivity contribution is 7.15. The zero-order valence-electron chi connectivity index (χ0n) is 10.8. The molecule has 0 unspecified atom stereocenters. The third-order valence-electron chi connectivity index (χ3n) is 2.39. The van der Waals surface area contributed by atoms with Crippen LogP contribution in [0.25, 0.3) is 0 Å². The third-order valence-corrected chi connectivity index (χ3v) is 3.22. The molecule has 6 nitrogen and oxygen atoms in total. The maximum absolute atomic E-state index is 11.2. The number of rotatable bonds is 4. The lowest BCUT2D eigenvalue weighted by Crippen LogP contribution is -2.10. The number of hydrogen-bond donors (Lipinski definition) is 2. The molecule has 0 aliphatic heterocycles. The van der Waals surface area contributed by atoms with Gasteiger partial charge in [0.1, 0.15) is 5.82 Å². The van der Waals surface area contributed by atoms with Crippen LogP contribution >= 0.6 is 11.3 Å². The predicted molar refractivity (Wildman–Crippen MR) is 73.2 cm³/mol. The van der Waals surface area contributed by atoms with Gasteiger partial charge in [-0.1, -0.05) is 13.8 Å². The zero-order chi connectivity index (χ0) is 14.0. The summed E-state index contributed by atoms with van der Waals surface area (Å²) in [4.78, 5) is 24.7. The quantitative estimate of drug-likeness (QED) is 0.894. The van der Waals surface area contributed by atoms with Crippen molar-refractivity contribution in [2.24, 2.45) is 0 Å². The Hall–Kier alpha value is -2.02. The van der Waals surface area contributed by atoms with Crippen LogP contribution in [0.1, 0.15) is 41.0 Å². The maximum atomic E-state index is 11.2. The molecule has 0 spiro atoms. The van der Waals surface area contributed by atoms with Crippen molar-refractivity contribution in [2.75, 3.05) is 5.32 Å². The minimum Gasteiger partial charge on any atom is -0.476 e. The Morgan fingerprint density at radius 1 is 1.37 bits per heavy atom. The van der Waals surface area contributed by atoms with Crippen molar-refractivity contribution in [3.8, 4) is 0 Å². The van der Waals surface area contributed by atoms with E-state index in [1.54, 1.807) is 6.20 Å². The van der Waals surface area contributed by atoms with Crippen LogP contribution in [0, 0.1) is 6.92 Å². The molecule has 0 aliphatic carbocycles. The minimum absolute atomic E-state index is 0.0356. The molecule has 2 heterocycles. The van der Waals surface area contributed by atoms with E-state index in [0.29, 0.717) is 16.6 Å². The fourth-order valence-corrected chi connectivity index (χ4v) is 2.13. The van der Waals surface area contributed by atoms with E-state index in [4.69, 9.17) is 0 Å². The number of aryl methyl sites for hydroxylation is 1. The Bertz CT molecular complexity index is 610. The first-order valence-corrected chi connectivity index (χ1v) is 6.58. The van der Waals surface area contributed by atoms with Gasteiger partial charge in [-0.05, 0) is 6.92 Å². The van der Waals surface area contributed by atoms with Crippen LogP contribution in [0.3, 0.4) is 0 Å². The SMILES string of the molecule is Cc1cnc(Nc2cnc(C(C)C)nc2C(=O)O)s1. The molecule has 2 aromatic rings. The Labute approximate surface area is 114 Å². The van der Waals surface area contributed by atoms with Crippen molar-refractivity contribution in [3.05, 3.63) is 28.8 Å². The van der Waals surface area contributed by atoms with Crippen molar-refractivity contribution in [1.82, 2.24) is 15.0 Å². The molecule has 0 fully saturated rings. The molecule has 2 N–H and O–H groups in total. The first-order valence-electron chi connectivity index (χ1n) is 5.77. The largest absolute Gasteiger partial charge is 0.476 e. The predicted octanol–water partition coefficient (Wildman–Crippen LogP) is 2.81. The first-order chi connectivity index (χ1) is 8.97. The van der Waals surface area contributed by atoms with Crippen LogP contribution in [-0.2, 0) is 0 Å². The van der Waals surface area contributed by atoms with Gasteiger partial charge in [0.05, 0.1) is 11.9 Å². The summed E-state index contributed by atoms with van der Waals surface area (Å²) < 4.78 is 0. The Kier molecular flexibility index (Phi) is 3.75. The van der Waals surface area contributed by atoms with Crippen LogP contribution in [0.15, 0.2) is 12.4 Å². The van der Waals surface area contributed by atoms with E-state index in [1.807, 2.05) is 20.8 Å². The summed E-state index contributed by atoms with van der Waals surface area (Å²) in [6, 6.07) is 0. The molecule has 0 saturated heterocycles. The summed E-state index contributed by atoms with van der Waals surface area (Å²) in [5, 5.41) is 12.8. The number of anilines is 2. The molecule has 7 heteroatoms. The number of thiazole rings is 1. The zero-order valence-corrected chi connectivity index (χ0v) is 11.7. The van der Waals surface area contributed by atoms with Crippen LogP contribution in [0.5, 0.6) is 0 Å². The van der Waals surface area contributed by atoms with Crippen molar-refractivity contribution >= 4 is 28.1 Å². The molecule has 2 aromatic heterocycles. The summed E-state index contributed by atoms with van der Waals surface area (Å²) >= 11 is 1.44. The highest BCUT2D eigenvalue weighted by atomic mass is 32.1. The van der Waals surface area contributed by atoms with Gasteiger partial charge in [0.15, 0.2) is 10.8 Å². The molecule has 100 valence electrons. The number of hydrogen-bond acceptors (Lipinski definition) is 6. The molecule has 0 bridgehead atoms. The Morgan fingerprint density at radius 3 is 2.63 bits per heavy atom. The second-order valence-electron chi connectivity index (χ2n) is 4.35. The number of aromatic nitrogens is 3. The van der Waals surface area contributed by atoms with E-state index in [0.717, 1.165) is 4.88 Å². The summed E-state index contributed by atoms with van der Waals surface area (Å²) in [6.45, 7) is 5.76. The minimum atomic E-state index is -1.08. The number of carboxylic acid groups (broad SMARTS) is 1. The molecule has 0 saturated carbocycles. The van der Waals surface area contributed by atoms with Gasteiger partial charge < -0.3 is 10.4 Å². The lowest BCUT2D eigenvalue weighted by Gasteiger charge is -2.09. The van der Waals surface area contributed by atoms with Crippen LogP contribution in [-0.4, -0.2) is 26.0 Å². The van der Waals surface area contributed by atoms with Crippen LogP contribution in [0.2, 0.25) is 0 Å². The Balaban J connectivity index is 2.36. The van der Waals surface area contributed by atoms with Gasteiger partial charge in [-0.3, -0.25) is 0 Å². The average molecular weight is 278 g/mol. The van der Waals surface area contributed by atoms with E-state index in [9.17, 15) is 9.90 Å². The molecular formula is C12H14N4O2S. The van der Waals surface area contributed by atoms with Gasteiger partial charge in [0.2, 0.25) is 0 Å². The van der Waals surface area contributed by atoms with E-state index >= 15 is 0 Å². The fourth-order valence-electron chi connectivity index (χ4n) is 1.46. The molecule has 0 aliphatic rings. The molecule has 0 atom stereocenters. The normalized spacial score (nSPS) is 10.7. The topological polar surface area (TPSA) is 88.0 Å². The van der Waals surface area contributed by atoms with Gasteiger partial charge >= 0.3 is 5.97 Å². The summed E-state index contributed by atoms with van der Waals surface area (Å²) in [6.07, 6.45) is 3.21. The fraction of sp³-hybridized carbons (Fsp3) is 0.333. The lowest BCUT2D eigenvalue weighted by molar-refractivity contribution is 0.0691. The highest BCUT2D eigenvalue weighted by Gasteiger charge is 2.16. The smallest absolute Gasteiger partial charge is 0.356 e. The van der Waals surface area contributed by atoms with Crippen LogP contribution in [0.4, 0.5) is 10.8 Å². The Morgan fingerprint density at radius 2 is 2.11 bits per heavy atom. The van der Waals surface area contributed by atoms with Crippen molar-refractivity contribution in [1.29, 1.82) is 0 Å². The van der Waals surface area contributed by atoms with E-state index in [1.165, 1.54) is 17.5 Å². The molecule has 0 radical (unpaired) electrons. The van der Waals surface area contributed by atoms with Crippen LogP contribution < -0.4 is 5.32 Å². The first kappa shape index (κ1) is 13.4. The van der Waals surface area contributed by atoms with E-state index in [-0.39, 0.29) is 11.6 Å². The van der Waals surface area contributed by atoms with Gasteiger partial charge in [-0.25, -0.2) is 19.7 Å². The number of nitrogens with zero attached hydrogens (tertiary/aromatic N) is 3. The second-order valence-corrected chi connectivity index (χ2v) is 5.59. The molecular weight excluding hydrogens is 264 g/mol. The lowest BCUT2D eigenvalue weighted by atomic mass is 10.2. The van der Waals surface area contributed by atoms with Crippen molar-refractivity contribution in [2.45, 2.75) is 26.7 Å². The monoisotopic (exact) mass is 278 g/mol. The van der Waals surface area contributed by atoms with Crippen molar-refractivity contribution in [3.63, 3.8) is 0 Å². The molecule has 0 amide bonds. The second kappa shape index (κ2) is 5.31. The van der Waals surface area contributed by atoms with Gasteiger partial charge in [-0.2, -0.15) is 0 Å². The average Bonchev–Trinajstić information content (AvgIpc) is 2.74. The van der Waals surface area contributed by atoms with Gasteiger partial charge in [-0.15, -0.1) is 11.3 Å². The van der Waals surface area contributed by atoms with Gasteiger partial charge in [0.25, 0.3) is 0 Å². The maximum Gasteiger partial charge on any atom is 0.356 e. The van der Waals surface area contributed by atoms with Crippen molar-refractivity contribution < 1.29 is 9.90 Å². The van der Waals surface area contributed by atoms with E-state index in [2.05, 4.69) is 20.3 Å². The molecule has 19 heavy (non-hydrogen) atoms. The molecule has 0 aromatic carbocycles. The number of carboxylic acids is 1. The van der Waals surface area contributed by atoms with E-state index < -0.39 is 5.97 Å². The number of nitrogens with one attached hydrogen (secondary N) is 1. The number of aromatic carboxylic acids is 1. The van der Waals surface area contributed by atoms with Gasteiger partial charge in [0, 0.05) is 17.0 Å². The third kappa shape index (κ3) is 3.05.